The van der Waals surface area contributed by atoms with Crippen LogP contribution in [-0.2, 0) is 12.0 Å². The highest BCUT2D eigenvalue weighted by Gasteiger charge is 2.16. The number of aromatic nitrogens is 3. The lowest BCUT2D eigenvalue weighted by atomic mass is 9.87. The predicted octanol–water partition coefficient (Wildman–Crippen LogP) is 6.09. The lowest BCUT2D eigenvalue weighted by Crippen LogP contribution is -2.42. The number of hydrogen-bond acceptors (Lipinski definition) is 6. The summed E-state index contributed by atoms with van der Waals surface area (Å²) >= 11 is 0. The van der Waals surface area contributed by atoms with Crippen molar-refractivity contribution in [3.63, 3.8) is 0 Å². The molecule has 1 saturated heterocycles. The number of carbonyl (C=O) groups is 1. The summed E-state index contributed by atoms with van der Waals surface area (Å²) in [7, 11) is 0. The van der Waals surface area contributed by atoms with Gasteiger partial charge in [-0.05, 0) is 52.9 Å². The molecule has 0 aliphatic carbocycles. The van der Waals surface area contributed by atoms with Crippen molar-refractivity contribution in [2.24, 2.45) is 0 Å². The first-order valence-electron chi connectivity index (χ1n) is 14.5. The molecule has 42 heavy (non-hydrogen) atoms. The van der Waals surface area contributed by atoms with E-state index in [4.69, 9.17) is 4.98 Å². The van der Waals surface area contributed by atoms with Gasteiger partial charge >= 0.3 is 0 Å². The first-order valence-corrected chi connectivity index (χ1v) is 14.5. The van der Waals surface area contributed by atoms with Crippen molar-refractivity contribution in [3.05, 3.63) is 108 Å². The van der Waals surface area contributed by atoms with Crippen molar-refractivity contribution in [1.29, 1.82) is 0 Å². The Hall–Kier alpha value is -4.53. The molecular weight excluding hydrogens is 522 g/mol. The van der Waals surface area contributed by atoms with E-state index < -0.39 is 0 Å². The summed E-state index contributed by atoms with van der Waals surface area (Å²) in [6.07, 6.45) is 5.63. The average molecular weight is 560 g/mol. The number of fused-ring (bicyclic) bond motifs is 1. The maximum atomic E-state index is 13.0. The van der Waals surface area contributed by atoms with Gasteiger partial charge in [0.25, 0.3) is 5.91 Å². The third-order valence-corrected chi connectivity index (χ3v) is 7.64. The molecule has 1 aliphatic rings. The maximum Gasteiger partial charge on any atom is 0.255 e. The molecule has 0 radical (unpaired) electrons. The Morgan fingerprint density at radius 1 is 0.952 bits per heavy atom. The Labute approximate surface area is 246 Å². The fraction of sp³-hybridized carbons (Fsp3) is 0.265. The highest BCUT2D eigenvalue weighted by Crippen LogP contribution is 2.27. The van der Waals surface area contributed by atoms with Crippen LogP contribution < -0.4 is 16.0 Å². The van der Waals surface area contributed by atoms with Crippen LogP contribution in [0.4, 0.5) is 17.2 Å². The van der Waals surface area contributed by atoms with Crippen molar-refractivity contribution in [2.45, 2.75) is 32.7 Å². The normalized spacial score (nSPS) is 14.2. The molecule has 5 aromatic rings. The second kappa shape index (κ2) is 11.8. The molecule has 0 spiro atoms. The van der Waals surface area contributed by atoms with Gasteiger partial charge in [0.15, 0.2) is 11.5 Å². The number of nitrogens with one attached hydrogen (secondary N) is 3. The molecule has 3 aromatic carbocycles. The molecular formula is C34H37N7O. The second-order valence-corrected chi connectivity index (χ2v) is 11.8. The number of anilines is 3. The zero-order valence-electron chi connectivity index (χ0n) is 24.4. The molecule has 3 N–H and O–H groups in total. The highest BCUT2D eigenvalue weighted by molar-refractivity contribution is 6.04. The largest absolute Gasteiger partial charge is 0.337 e. The molecule has 1 aliphatic heterocycles. The van der Waals surface area contributed by atoms with E-state index in [0.717, 1.165) is 55.3 Å². The summed E-state index contributed by atoms with van der Waals surface area (Å²) in [6, 6.07) is 24.1. The van der Waals surface area contributed by atoms with Crippen molar-refractivity contribution in [2.75, 3.05) is 36.8 Å². The molecule has 214 valence electrons. The number of imidazole rings is 1. The first kappa shape index (κ1) is 27.6. The van der Waals surface area contributed by atoms with Crippen LogP contribution in [-0.4, -0.2) is 51.4 Å². The number of carbonyl (C=O) groups excluding carboxylic acids is 1. The highest BCUT2D eigenvalue weighted by atomic mass is 16.1. The minimum absolute atomic E-state index is 0.0365. The monoisotopic (exact) mass is 559 g/mol. The van der Waals surface area contributed by atoms with Gasteiger partial charge in [-0.3, -0.25) is 9.69 Å². The van der Waals surface area contributed by atoms with Gasteiger partial charge < -0.3 is 20.4 Å². The minimum Gasteiger partial charge on any atom is -0.337 e. The van der Waals surface area contributed by atoms with Crippen LogP contribution in [0.2, 0.25) is 0 Å². The zero-order valence-corrected chi connectivity index (χ0v) is 24.4. The van der Waals surface area contributed by atoms with Crippen LogP contribution in [0.5, 0.6) is 0 Å². The van der Waals surface area contributed by atoms with E-state index in [0.29, 0.717) is 17.1 Å². The molecule has 8 heteroatoms. The fourth-order valence-electron chi connectivity index (χ4n) is 5.19. The predicted molar refractivity (Wildman–Crippen MR) is 169 cm³/mol. The number of nitrogens with zero attached hydrogens (tertiary/aromatic N) is 4. The number of amides is 1. The lowest BCUT2D eigenvalue weighted by molar-refractivity contribution is 0.102. The van der Waals surface area contributed by atoms with Gasteiger partial charge in [-0.25, -0.2) is 9.97 Å². The van der Waals surface area contributed by atoms with Crippen molar-refractivity contribution < 1.29 is 4.79 Å². The number of piperazine rings is 1. The van der Waals surface area contributed by atoms with Crippen LogP contribution in [0.15, 0.2) is 91.4 Å². The topological polar surface area (TPSA) is 86.6 Å². The van der Waals surface area contributed by atoms with E-state index in [-0.39, 0.29) is 11.3 Å². The molecule has 0 bridgehead atoms. The van der Waals surface area contributed by atoms with Crippen LogP contribution in [0.25, 0.3) is 16.9 Å². The van der Waals surface area contributed by atoms with Gasteiger partial charge in [0, 0.05) is 73.8 Å². The summed E-state index contributed by atoms with van der Waals surface area (Å²) in [6.45, 7) is 11.7. The van der Waals surface area contributed by atoms with Crippen molar-refractivity contribution >= 4 is 28.7 Å². The van der Waals surface area contributed by atoms with E-state index in [9.17, 15) is 4.79 Å². The smallest absolute Gasteiger partial charge is 0.255 e. The third kappa shape index (κ3) is 6.35. The van der Waals surface area contributed by atoms with Crippen molar-refractivity contribution in [3.8, 4) is 11.3 Å². The Kier molecular flexibility index (Phi) is 7.73. The second-order valence-electron chi connectivity index (χ2n) is 11.8. The van der Waals surface area contributed by atoms with Gasteiger partial charge in [-0.15, -0.1) is 0 Å². The van der Waals surface area contributed by atoms with E-state index in [2.05, 4.69) is 70.9 Å². The Morgan fingerprint density at radius 3 is 2.45 bits per heavy atom. The lowest BCUT2D eigenvalue weighted by Gasteiger charge is -2.27. The van der Waals surface area contributed by atoms with Crippen LogP contribution in [0.3, 0.4) is 0 Å². The molecule has 0 saturated carbocycles. The minimum atomic E-state index is -0.145. The average Bonchev–Trinajstić information content (AvgIpc) is 3.48. The summed E-state index contributed by atoms with van der Waals surface area (Å²) in [4.78, 5) is 24.9. The fourth-order valence-corrected chi connectivity index (χ4v) is 5.19. The van der Waals surface area contributed by atoms with Gasteiger partial charge in [0.2, 0.25) is 0 Å². The molecule has 2 aromatic heterocycles. The standard InChI is InChI=1S/C34H37N7O/c1-34(2,3)27-11-9-25(10-12-27)33(42)38-29-6-4-5-26(21-29)30-23-41-20-17-36-32(41)31(39-30)37-28-13-7-24(8-14-28)22-40-18-15-35-16-19-40/h4-14,17,20-21,23,35H,15-16,18-19,22H2,1-3H3,(H,37,39)(H,38,42). The number of benzene rings is 3. The Balaban J connectivity index is 1.20. The van der Waals surface area contributed by atoms with Crippen LogP contribution in [0, 0.1) is 0 Å². The van der Waals surface area contributed by atoms with E-state index in [1.54, 1.807) is 6.20 Å². The van der Waals surface area contributed by atoms with E-state index in [1.807, 2.05) is 65.3 Å². The van der Waals surface area contributed by atoms with Gasteiger partial charge in [-0.1, -0.05) is 57.2 Å². The SMILES string of the molecule is CC(C)(C)c1ccc(C(=O)Nc2cccc(-c3cn4ccnc4c(Nc4ccc(CN5CCNCC5)cc4)n3)c2)cc1. The Morgan fingerprint density at radius 2 is 1.71 bits per heavy atom. The summed E-state index contributed by atoms with van der Waals surface area (Å²) in [5, 5.41) is 9.91. The Bertz CT molecular complexity index is 1680. The zero-order chi connectivity index (χ0) is 29.1. The molecule has 0 unspecified atom stereocenters. The molecule has 6 rings (SSSR count). The molecule has 8 nitrogen and oxygen atoms in total. The quantitative estimate of drug-likeness (QED) is 0.224. The van der Waals surface area contributed by atoms with Crippen LogP contribution >= 0.6 is 0 Å². The summed E-state index contributed by atoms with van der Waals surface area (Å²) in [5.41, 5.74) is 7.20. The van der Waals surface area contributed by atoms with Gasteiger partial charge in [-0.2, -0.15) is 0 Å². The summed E-state index contributed by atoms with van der Waals surface area (Å²) in [5.74, 6) is 0.522. The number of rotatable bonds is 7. The molecule has 1 fully saturated rings. The van der Waals surface area contributed by atoms with Crippen LogP contribution in [0.1, 0.15) is 42.3 Å². The molecule has 3 heterocycles. The third-order valence-electron chi connectivity index (χ3n) is 7.64. The van der Waals surface area contributed by atoms with Gasteiger partial charge in [0.05, 0.1) is 5.69 Å². The van der Waals surface area contributed by atoms with E-state index in [1.165, 1.54) is 11.1 Å². The van der Waals surface area contributed by atoms with Crippen molar-refractivity contribution in [1.82, 2.24) is 24.6 Å². The molecule has 1 amide bonds. The molecule has 0 atom stereocenters. The summed E-state index contributed by atoms with van der Waals surface area (Å²) < 4.78 is 1.96. The van der Waals surface area contributed by atoms with Gasteiger partial charge in [0.1, 0.15) is 0 Å². The maximum absolute atomic E-state index is 13.0. The first-order chi connectivity index (χ1) is 20.3. The van der Waals surface area contributed by atoms with E-state index >= 15 is 0 Å². The number of hydrogen-bond donors (Lipinski definition) is 3.